The number of alkyl halides is 3. The van der Waals surface area contributed by atoms with Gasteiger partial charge in [-0.25, -0.2) is 0 Å². The Kier molecular flexibility index (Phi) is 7.21. The van der Waals surface area contributed by atoms with Gasteiger partial charge in [0, 0.05) is 18.3 Å². The maximum absolute atomic E-state index is 13.3. The molecular formula is C25H25F3N2O6. The van der Waals surface area contributed by atoms with Crippen LogP contribution >= 0.6 is 0 Å². The van der Waals surface area contributed by atoms with Crippen LogP contribution in [0.1, 0.15) is 45.5 Å². The monoisotopic (exact) mass is 506 g/mol. The van der Waals surface area contributed by atoms with Gasteiger partial charge >= 0.3 is 12.1 Å². The quantitative estimate of drug-likeness (QED) is 0.633. The Labute approximate surface area is 205 Å². The lowest BCUT2D eigenvalue weighted by molar-refractivity contribution is -0.151. The molecular weight excluding hydrogens is 481 g/mol. The lowest BCUT2D eigenvalue weighted by Crippen LogP contribution is -2.53. The predicted molar refractivity (Wildman–Crippen MR) is 122 cm³/mol. The summed E-state index contributed by atoms with van der Waals surface area (Å²) < 4.78 is 54.9. The summed E-state index contributed by atoms with van der Waals surface area (Å²) in [6.07, 6.45) is -3.96. The highest BCUT2D eigenvalue weighted by atomic mass is 19.4. The van der Waals surface area contributed by atoms with Crippen molar-refractivity contribution in [2.24, 2.45) is 0 Å². The van der Waals surface area contributed by atoms with E-state index in [4.69, 9.17) is 14.2 Å². The molecule has 0 aromatic heterocycles. The van der Waals surface area contributed by atoms with Gasteiger partial charge < -0.3 is 24.4 Å². The van der Waals surface area contributed by atoms with Crippen molar-refractivity contribution in [3.8, 4) is 5.75 Å². The van der Waals surface area contributed by atoms with Crippen LogP contribution in [-0.4, -0.2) is 61.7 Å². The Hall–Kier alpha value is -3.60. The fourth-order valence-corrected chi connectivity index (χ4v) is 4.39. The van der Waals surface area contributed by atoms with Gasteiger partial charge in [0.2, 0.25) is 0 Å². The minimum Gasteiger partial charge on any atom is -0.490 e. The predicted octanol–water partition coefficient (Wildman–Crippen LogP) is 3.90. The van der Waals surface area contributed by atoms with Crippen molar-refractivity contribution >= 4 is 23.5 Å². The number of hydrogen-bond acceptors (Lipinski definition) is 6. The molecule has 36 heavy (non-hydrogen) atoms. The van der Waals surface area contributed by atoms with Crippen molar-refractivity contribution in [1.82, 2.24) is 4.90 Å². The molecule has 192 valence electrons. The van der Waals surface area contributed by atoms with Gasteiger partial charge in [-0.3, -0.25) is 14.4 Å². The summed E-state index contributed by atoms with van der Waals surface area (Å²) in [5, 5.41) is 2.61. The fourth-order valence-electron chi connectivity index (χ4n) is 4.39. The van der Waals surface area contributed by atoms with Gasteiger partial charge in [0.25, 0.3) is 11.8 Å². The van der Waals surface area contributed by atoms with Gasteiger partial charge in [-0.15, -0.1) is 0 Å². The van der Waals surface area contributed by atoms with Crippen LogP contribution in [0.15, 0.2) is 42.5 Å². The number of ether oxygens (including phenoxy) is 3. The molecule has 0 saturated carbocycles. The second-order valence-corrected chi connectivity index (χ2v) is 8.69. The molecule has 8 nitrogen and oxygen atoms in total. The number of nitrogens with zero attached hydrogens (tertiary/aromatic N) is 1. The van der Waals surface area contributed by atoms with E-state index in [9.17, 15) is 27.6 Å². The molecule has 2 aromatic carbocycles. The second-order valence-electron chi connectivity index (χ2n) is 8.69. The first-order valence-electron chi connectivity index (χ1n) is 11.3. The number of rotatable bonds is 4. The summed E-state index contributed by atoms with van der Waals surface area (Å²) in [5.74, 6) is -1.02. The van der Waals surface area contributed by atoms with Gasteiger partial charge in [0.15, 0.2) is 0 Å². The average molecular weight is 506 g/mol. The topological polar surface area (TPSA) is 94.2 Å². The Morgan fingerprint density at radius 2 is 1.86 bits per heavy atom. The molecule has 1 saturated heterocycles. The normalized spacial score (nSPS) is 21.9. The first-order chi connectivity index (χ1) is 17.1. The van der Waals surface area contributed by atoms with Gasteiger partial charge in [-0.2, -0.15) is 13.2 Å². The number of carbonyl (C=O) groups is 3. The van der Waals surface area contributed by atoms with Crippen LogP contribution in [0.25, 0.3) is 0 Å². The molecule has 2 aliphatic heterocycles. The Morgan fingerprint density at radius 3 is 2.53 bits per heavy atom. The van der Waals surface area contributed by atoms with E-state index >= 15 is 0 Å². The lowest BCUT2D eigenvalue weighted by atomic mass is 9.94. The molecule has 1 fully saturated rings. The van der Waals surface area contributed by atoms with Crippen molar-refractivity contribution in [2.75, 3.05) is 26.1 Å². The molecule has 0 bridgehead atoms. The molecule has 0 spiro atoms. The van der Waals surface area contributed by atoms with Crippen LogP contribution in [0.5, 0.6) is 5.75 Å². The Morgan fingerprint density at radius 1 is 1.14 bits per heavy atom. The smallest absolute Gasteiger partial charge is 0.416 e. The summed E-state index contributed by atoms with van der Waals surface area (Å²) in [7, 11) is 2.98. The lowest BCUT2D eigenvalue weighted by Gasteiger charge is -2.42. The third-order valence-electron chi connectivity index (χ3n) is 6.37. The van der Waals surface area contributed by atoms with Gasteiger partial charge in [0.05, 0.1) is 36.8 Å². The number of nitrogens with one attached hydrogen (secondary N) is 1. The second kappa shape index (κ2) is 10.2. The van der Waals surface area contributed by atoms with Crippen LogP contribution in [0.3, 0.4) is 0 Å². The highest BCUT2D eigenvalue weighted by Gasteiger charge is 2.39. The van der Waals surface area contributed by atoms with Crippen molar-refractivity contribution < 1.29 is 41.8 Å². The zero-order chi connectivity index (χ0) is 26.0. The van der Waals surface area contributed by atoms with Crippen molar-refractivity contribution in [3.05, 3.63) is 59.2 Å². The number of esters is 1. The first-order valence-corrected chi connectivity index (χ1v) is 11.3. The molecule has 0 unspecified atom stereocenters. The largest absolute Gasteiger partial charge is 0.490 e. The maximum Gasteiger partial charge on any atom is 0.416 e. The zero-order valence-electron chi connectivity index (χ0n) is 19.6. The first kappa shape index (κ1) is 25.5. The molecule has 4 rings (SSSR count). The Bertz CT molecular complexity index is 1150. The van der Waals surface area contributed by atoms with E-state index in [0.717, 1.165) is 24.3 Å². The summed E-state index contributed by atoms with van der Waals surface area (Å²) >= 11 is 0. The minimum atomic E-state index is -4.50. The van der Waals surface area contributed by atoms with Gasteiger partial charge in [-0.1, -0.05) is 0 Å². The third-order valence-corrected chi connectivity index (χ3v) is 6.37. The minimum absolute atomic E-state index is 0.0399. The van der Waals surface area contributed by atoms with Crippen LogP contribution in [0.2, 0.25) is 0 Å². The highest BCUT2D eigenvalue weighted by Crippen LogP contribution is 2.33. The molecule has 0 radical (unpaired) electrons. The number of amides is 2. The highest BCUT2D eigenvalue weighted by molar-refractivity contribution is 6.05. The number of methoxy groups -OCH3 is 1. The SMILES string of the molecule is COC(=O)C[C@@H]1CC[C@H]2[C@@H](COc3ccc(NC(=O)c4ccc(C(F)(F)F)cc4)cc3C(=O)N2C)O1. The molecule has 2 aliphatic rings. The number of hydrogen-bond donors (Lipinski definition) is 1. The van der Waals surface area contributed by atoms with Crippen LogP contribution in [0, 0.1) is 0 Å². The van der Waals surface area contributed by atoms with E-state index < -0.39 is 23.8 Å². The molecule has 3 atom stereocenters. The fraction of sp³-hybridized carbons (Fsp3) is 0.400. The summed E-state index contributed by atoms with van der Waals surface area (Å²) in [5.41, 5.74) is -0.289. The average Bonchev–Trinajstić information content (AvgIpc) is 2.86. The van der Waals surface area contributed by atoms with E-state index in [1.807, 2.05) is 0 Å². The van der Waals surface area contributed by atoms with Crippen LogP contribution in [-0.2, 0) is 20.4 Å². The van der Waals surface area contributed by atoms with Crippen LogP contribution in [0.4, 0.5) is 18.9 Å². The zero-order valence-corrected chi connectivity index (χ0v) is 19.6. The summed E-state index contributed by atoms with van der Waals surface area (Å²) in [6, 6.07) is 8.12. The van der Waals surface area contributed by atoms with E-state index in [1.54, 1.807) is 18.0 Å². The van der Waals surface area contributed by atoms with Crippen molar-refractivity contribution in [3.63, 3.8) is 0 Å². The molecule has 0 aliphatic carbocycles. The van der Waals surface area contributed by atoms with Crippen molar-refractivity contribution in [2.45, 2.75) is 43.7 Å². The van der Waals surface area contributed by atoms with Gasteiger partial charge in [0.1, 0.15) is 18.5 Å². The molecule has 2 aromatic rings. The number of halogens is 3. The number of benzene rings is 2. The number of likely N-dealkylation sites (N-methyl/N-ethyl adjacent to an activating group) is 1. The van der Waals surface area contributed by atoms with E-state index in [1.165, 1.54) is 19.2 Å². The number of fused-ring (bicyclic) bond motifs is 2. The molecule has 1 N–H and O–H groups in total. The van der Waals surface area contributed by atoms with Crippen molar-refractivity contribution in [1.29, 1.82) is 0 Å². The van der Waals surface area contributed by atoms with Gasteiger partial charge in [-0.05, 0) is 55.3 Å². The maximum atomic E-state index is 13.3. The molecule has 2 heterocycles. The summed E-state index contributed by atoms with van der Waals surface area (Å²) in [6.45, 7) is 0.157. The van der Waals surface area contributed by atoms with Crippen LogP contribution < -0.4 is 10.1 Å². The van der Waals surface area contributed by atoms with E-state index in [-0.39, 0.29) is 48.2 Å². The van der Waals surface area contributed by atoms with E-state index in [0.29, 0.717) is 24.3 Å². The summed E-state index contributed by atoms with van der Waals surface area (Å²) in [4.78, 5) is 39.0. The standard InChI is InChI=1S/C25H25F3N2O6/c1-30-19-9-8-17(12-22(31)34-2)36-21(19)13-35-20-10-7-16(11-18(20)24(30)33)29-23(32)14-3-5-15(6-4-14)25(26,27)28/h3-7,10-11,17,19,21H,8-9,12-13H2,1-2H3,(H,29,32)/t17-,19-,21+/m0/s1. The number of carbonyl (C=O) groups excluding carboxylic acids is 3. The van der Waals surface area contributed by atoms with E-state index in [2.05, 4.69) is 5.32 Å². The molecule has 11 heteroatoms. The number of anilines is 1. The molecule has 2 amide bonds. The third kappa shape index (κ3) is 5.46. The Balaban J connectivity index is 1.49.